The number of imidazole rings is 4. The lowest BCUT2D eigenvalue weighted by Gasteiger charge is -2.10. The van der Waals surface area contributed by atoms with Crippen LogP contribution >= 0.6 is 0 Å². The Morgan fingerprint density at radius 3 is 1.00 bits per heavy atom. The summed E-state index contributed by atoms with van der Waals surface area (Å²) in [6, 6.07) is 24.8. The van der Waals surface area contributed by atoms with Gasteiger partial charge in [-0.1, -0.05) is 59.7 Å². The minimum absolute atomic E-state index is 0.00296. The summed E-state index contributed by atoms with van der Waals surface area (Å²) in [6.07, 6.45) is 17.5. The summed E-state index contributed by atoms with van der Waals surface area (Å²) in [7, 11) is 0. The number of carbonyl (C=O) groups excluding carboxylic acids is 8. The molecule has 29 heteroatoms. The highest BCUT2D eigenvalue weighted by molar-refractivity contribution is 6.12. The summed E-state index contributed by atoms with van der Waals surface area (Å²) in [5.41, 5.74) is 13.9. The molecule has 4 aromatic carbocycles. The highest BCUT2D eigenvalue weighted by Gasteiger charge is 2.24. The Labute approximate surface area is 598 Å². The van der Waals surface area contributed by atoms with Crippen LogP contribution in [-0.2, 0) is 0 Å². The van der Waals surface area contributed by atoms with Crippen LogP contribution < -0.4 is 42.5 Å². The Kier molecular flexibility index (Phi) is 26.0. The predicted molar refractivity (Wildman–Crippen MR) is 403 cm³/mol. The van der Waals surface area contributed by atoms with Crippen LogP contribution in [0.1, 0.15) is 136 Å². The molecule has 0 saturated heterocycles. The first-order chi connectivity index (χ1) is 50.3. The molecule has 0 bridgehead atoms. The quantitative estimate of drug-likeness (QED) is 0.0280. The molecule has 0 aliphatic carbocycles. The first-order valence-electron chi connectivity index (χ1n) is 34.2. The number of hydrogen-bond acceptors (Lipinski definition) is 17. The average Bonchev–Trinajstić information content (AvgIpc) is 1.57. The minimum Gasteiger partial charge on any atom is -0.338 e. The van der Waals surface area contributed by atoms with Crippen molar-refractivity contribution in [3.05, 3.63) is 163 Å². The maximum absolute atomic E-state index is 12.9. The summed E-state index contributed by atoms with van der Waals surface area (Å²) in [4.78, 5) is 148. The average molecular weight is 1410 g/mol. The first kappa shape index (κ1) is 75.3. The van der Waals surface area contributed by atoms with Gasteiger partial charge >= 0.3 is 24.1 Å². The summed E-state index contributed by atoms with van der Waals surface area (Å²) < 4.78 is 0. The van der Waals surface area contributed by atoms with Gasteiger partial charge in [-0.05, 0) is 130 Å². The number of carbonyl (C=O) groups is 8. The molecule has 8 heterocycles. The van der Waals surface area contributed by atoms with E-state index in [9.17, 15) is 38.4 Å². The number of aromatic amines is 4. The van der Waals surface area contributed by atoms with E-state index in [0.29, 0.717) is 123 Å². The molecular weight excluding hydrogens is 1320 g/mol. The number of nitrogens with zero attached hydrogens (tertiary/aromatic N) is 9. The molecule has 12 N–H and O–H groups in total. The van der Waals surface area contributed by atoms with E-state index in [0.717, 1.165) is 57.3 Å². The first-order valence-corrected chi connectivity index (χ1v) is 34.2. The van der Waals surface area contributed by atoms with Crippen molar-refractivity contribution in [2.75, 3.05) is 47.4 Å². The largest absolute Gasteiger partial charge is 0.338 e. The van der Waals surface area contributed by atoms with Crippen molar-refractivity contribution < 1.29 is 38.4 Å². The molecule has 1 atom stereocenters. The summed E-state index contributed by atoms with van der Waals surface area (Å²) >= 11 is 0. The van der Waals surface area contributed by atoms with Gasteiger partial charge in [-0.25, -0.2) is 49.1 Å². The SMILES string of the molecule is CCCC(=O)c1cc(-c2cccnc2)cc2[nH]c(NC(=O)NCC)nc12.CCNC(=O)Nc1nc2c(C(=O)C(C)C)cc(-c3cccnc3)cc2[nH]1.CCNC(=O)Nc1nc2c(C(=O)C(C)CC)cc(-c3cccnc3)cc2[nH]1.CCNC(=O)Nc1nc2c(C(=O)CC)cc(-c3cncnc3)cc2[nH]1. The second kappa shape index (κ2) is 35.9. The second-order valence-corrected chi connectivity index (χ2v) is 24.0. The molecule has 536 valence electrons. The van der Waals surface area contributed by atoms with Crippen molar-refractivity contribution in [3.8, 4) is 44.5 Å². The van der Waals surface area contributed by atoms with Gasteiger partial charge in [0.2, 0.25) is 23.8 Å². The van der Waals surface area contributed by atoms with Crippen molar-refractivity contribution >= 4 is 115 Å². The Morgan fingerprint density at radius 1 is 0.375 bits per heavy atom. The Hall–Kier alpha value is -13.0. The van der Waals surface area contributed by atoms with Crippen LogP contribution in [-0.4, -0.2) is 138 Å². The molecule has 29 nitrogen and oxygen atoms in total. The Morgan fingerprint density at radius 2 is 0.692 bits per heavy atom. The van der Waals surface area contributed by atoms with E-state index in [1.165, 1.54) is 6.33 Å². The van der Waals surface area contributed by atoms with Gasteiger partial charge in [-0.3, -0.25) is 55.4 Å². The van der Waals surface area contributed by atoms with Gasteiger partial charge in [-0.2, -0.15) is 0 Å². The molecule has 0 radical (unpaired) electrons. The van der Waals surface area contributed by atoms with E-state index < -0.39 is 0 Å². The number of H-pyrrole nitrogens is 4. The van der Waals surface area contributed by atoms with Gasteiger partial charge in [0.1, 0.15) is 28.4 Å². The van der Waals surface area contributed by atoms with Crippen molar-refractivity contribution in [1.29, 1.82) is 0 Å². The third kappa shape index (κ3) is 19.1. The van der Waals surface area contributed by atoms with Crippen LogP contribution in [0.5, 0.6) is 0 Å². The van der Waals surface area contributed by atoms with Gasteiger partial charge < -0.3 is 41.2 Å². The van der Waals surface area contributed by atoms with Crippen LogP contribution in [0.2, 0.25) is 0 Å². The lowest BCUT2D eigenvalue weighted by atomic mass is 9.93. The highest BCUT2D eigenvalue weighted by Crippen LogP contribution is 2.34. The van der Waals surface area contributed by atoms with Crippen LogP contribution in [0.3, 0.4) is 0 Å². The number of aromatic nitrogens is 13. The zero-order chi connectivity index (χ0) is 74.4. The van der Waals surface area contributed by atoms with Crippen molar-refractivity contribution in [1.82, 2.24) is 86.1 Å². The molecule has 0 saturated carbocycles. The monoisotopic (exact) mass is 1410 g/mol. The van der Waals surface area contributed by atoms with E-state index in [1.54, 1.807) is 62.6 Å². The molecule has 0 aliphatic heterocycles. The number of Topliss-reactive ketones (excluding diaryl/α,β-unsaturated/α-hetero) is 4. The predicted octanol–water partition coefficient (Wildman–Crippen LogP) is 14.1. The number of urea groups is 4. The fourth-order valence-corrected chi connectivity index (χ4v) is 10.8. The van der Waals surface area contributed by atoms with Crippen LogP contribution in [0.25, 0.3) is 88.6 Å². The zero-order valence-electron chi connectivity index (χ0n) is 59.4. The lowest BCUT2D eigenvalue weighted by Crippen LogP contribution is -2.28. The van der Waals surface area contributed by atoms with Crippen LogP contribution in [0.15, 0.2) is 141 Å². The topological polar surface area (TPSA) is 412 Å². The number of hydrogen-bond donors (Lipinski definition) is 12. The highest BCUT2D eigenvalue weighted by atomic mass is 16.2. The Balaban J connectivity index is 0.000000161. The molecule has 104 heavy (non-hydrogen) atoms. The molecule has 8 amide bonds. The van der Waals surface area contributed by atoms with E-state index in [1.807, 2.05) is 141 Å². The van der Waals surface area contributed by atoms with Crippen molar-refractivity contribution in [3.63, 3.8) is 0 Å². The molecule has 12 aromatic rings. The van der Waals surface area contributed by atoms with Crippen molar-refractivity contribution in [2.45, 2.75) is 94.9 Å². The summed E-state index contributed by atoms with van der Waals surface area (Å²) in [5, 5.41) is 21.2. The number of ketones is 4. The number of nitrogens with one attached hydrogen (secondary N) is 12. The lowest BCUT2D eigenvalue weighted by molar-refractivity contribution is 0.0925. The molecular formula is C75H83N21O8. The second-order valence-electron chi connectivity index (χ2n) is 24.0. The summed E-state index contributed by atoms with van der Waals surface area (Å²) in [6.45, 7) is 20.7. The Bertz CT molecular complexity index is 5020. The van der Waals surface area contributed by atoms with Crippen LogP contribution in [0, 0.1) is 11.8 Å². The molecule has 12 rings (SSSR count). The fourth-order valence-electron chi connectivity index (χ4n) is 10.8. The van der Waals surface area contributed by atoms with E-state index in [-0.39, 0.29) is 65.0 Å². The van der Waals surface area contributed by atoms with Gasteiger partial charge in [-0.15, -0.1) is 0 Å². The zero-order valence-corrected chi connectivity index (χ0v) is 59.4. The van der Waals surface area contributed by atoms with Crippen LogP contribution in [0.4, 0.5) is 43.0 Å². The number of pyridine rings is 3. The van der Waals surface area contributed by atoms with E-state index in [4.69, 9.17) is 0 Å². The standard InChI is InChI=1S/C20H23N5O2.2C19H21N5O2.C17H18N6O2/c1-4-12(3)18(26)15-9-14(13-7-6-8-21-11-13)10-16-17(15)24-19(23-16)25-20(27)22-5-2;1-4-21-19(26)24-18-22-15-9-13(12-6-5-7-20-10-12)8-14(16(15)23-18)17(25)11(2)3;1-3-6-16(25)14-9-13(12-7-5-8-20-11-12)10-15-17(14)23-18(22-15)24-19(26)21-4-2;1-3-14(24)12-5-10(11-7-18-9-19-8-11)6-13-15(12)22-16(21-13)23-17(25)20-4-2/h6-12H,4-5H2,1-3H3,(H3,22,23,24,25,27);5-11H,4H2,1-3H3,(H3,21,22,23,24,26);5,7-11H,3-4,6H2,1-2H3,(H3,21,22,23,24,26);5-9H,3-4H2,1-2H3,(H3,20,21,22,23,25). The molecule has 0 spiro atoms. The molecule has 0 aliphatic rings. The number of rotatable bonds is 22. The number of benzene rings is 4. The van der Waals surface area contributed by atoms with Gasteiger partial charge in [0.15, 0.2) is 23.1 Å². The van der Waals surface area contributed by atoms with E-state index >= 15 is 0 Å². The smallest absolute Gasteiger partial charge is 0.321 e. The van der Waals surface area contributed by atoms with E-state index in [2.05, 4.69) is 107 Å². The van der Waals surface area contributed by atoms with Gasteiger partial charge in [0, 0.05) is 145 Å². The van der Waals surface area contributed by atoms with Gasteiger partial charge in [0.05, 0.1) is 22.1 Å². The van der Waals surface area contributed by atoms with Gasteiger partial charge in [0.25, 0.3) is 0 Å². The fraction of sp³-hybridized carbons (Fsp3) is 0.267. The molecule has 1 unspecified atom stereocenters. The molecule has 8 aromatic heterocycles. The number of fused-ring (bicyclic) bond motifs is 4. The number of anilines is 4. The van der Waals surface area contributed by atoms with Crippen molar-refractivity contribution in [2.24, 2.45) is 11.8 Å². The third-order valence-corrected chi connectivity index (χ3v) is 16.0. The minimum atomic E-state index is -0.360. The maximum atomic E-state index is 12.9. The maximum Gasteiger partial charge on any atom is 0.321 e. The normalized spacial score (nSPS) is 11.1. The summed E-state index contributed by atoms with van der Waals surface area (Å²) in [5.74, 6) is 0.935. The number of amides is 8. The molecule has 0 fully saturated rings. The third-order valence-electron chi connectivity index (χ3n) is 16.0.